The Hall–Kier alpha value is -0.370. The van der Waals surface area contributed by atoms with Crippen molar-refractivity contribution in [3.05, 3.63) is 23.8 Å². The molecule has 0 atom stereocenters. The first-order valence-electron chi connectivity index (χ1n) is 1.49. The van der Waals surface area contributed by atoms with Crippen molar-refractivity contribution < 1.29 is 8.78 Å². The van der Waals surface area contributed by atoms with Crippen LogP contribution in [-0.4, -0.2) is 0 Å². The lowest BCUT2D eigenvalue weighted by Gasteiger charge is -1.81. The third-order valence-corrected chi connectivity index (χ3v) is 0.642. The summed E-state index contributed by atoms with van der Waals surface area (Å²) in [6.45, 7) is 2.72. The summed E-state index contributed by atoms with van der Waals surface area (Å²) >= 11 is 4.81. The molecular weight excluding hydrogens is 121 g/mol. The summed E-state index contributed by atoms with van der Waals surface area (Å²) in [5, 5.41) is -0.583. The molecule has 0 saturated heterocycles. The van der Waals surface area contributed by atoms with Crippen LogP contribution in [0.2, 0.25) is 0 Å². The van der Waals surface area contributed by atoms with Crippen molar-refractivity contribution in [2.24, 2.45) is 0 Å². The van der Waals surface area contributed by atoms with Crippen LogP contribution in [0.15, 0.2) is 23.8 Å². The molecule has 0 nitrogen and oxygen atoms in total. The number of halogens is 3. The van der Waals surface area contributed by atoms with Crippen LogP contribution in [0.1, 0.15) is 0 Å². The molecule has 0 rings (SSSR count). The fourth-order valence-electron chi connectivity index (χ4n) is 0.0592. The molecule has 0 aliphatic carbocycles. The maximum absolute atomic E-state index is 11.5. The zero-order valence-electron chi connectivity index (χ0n) is 3.42. The zero-order chi connectivity index (χ0) is 5.86. The summed E-state index contributed by atoms with van der Waals surface area (Å²) in [5.41, 5.74) is 0. The monoisotopic (exact) mass is 124 g/mol. The van der Waals surface area contributed by atoms with Gasteiger partial charge >= 0.3 is 0 Å². The van der Waals surface area contributed by atoms with E-state index in [1.165, 1.54) is 0 Å². The molecule has 3 heteroatoms. The van der Waals surface area contributed by atoms with Crippen molar-refractivity contribution >= 4 is 11.6 Å². The molecule has 0 aromatic carbocycles. The Morgan fingerprint density at radius 3 is 2.14 bits per heavy atom. The molecule has 0 saturated carbocycles. The van der Waals surface area contributed by atoms with E-state index in [0.717, 1.165) is 0 Å². The van der Waals surface area contributed by atoms with Gasteiger partial charge < -0.3 is 0 Å². The van der Waals surface area contributed by atoms with E-state index in [2.05, 4.69) is 6.58 Å². The smallest absolute Gasteiger partial charge is 0.136 e. The lowest BCUT2D eigenvalue weighted by molar-refractivity contribution is 0.649. The third kappa shape index (κ3) is 2.34. The lowest BCUT2D eigenvalue weighted by atomic mass is 10.6. The van der Waals surface area contributed by atoms with Crippen molar-refractivity contribution in [2.45, 2.75) is 0 Å². The van der Waals surface area contributed by atoms with Gasteiger partial charge in [0.2, 0.25) is 0 Å². The average Bonchev–Trinajstić information content (AvgIpc) is 1.65. The molecule has 40 valence electrons. The van der Waals surface area contributed by atoms with Crippen molar-refractivity contribution in [3.8, 4) is 0 Å². The molecule has 7 heavy (non-hydrogen) atoms. The molecule has 0 fully saturated rings. The fourth-order valence-corrected chi connectivity index (χ4v) is 0.0592. The fraction of sp³-hybridized carbons (Fsp3) is 0. The maximum atomic E-state index is 11.5. The van der Waals surface area contributed by atoms with Crippen molar-refractivity contribution in [1.82, 2.24) is 0 Å². The Morgan fingerprint density at radius 1 is 1.71 bits per heavy atom. The molecule has 0 N–H and O–H groups in total. The largest absolute Gasteiger partial charge is 0.214 e. The highest BCUT2D eigenvalue weighted by molar-refractivity contribution is 6.31. The topological polar surface area (TPSA) is 0 Å². The first-order valence-corrected chi connectivity index (χ1v) is 1.87. The minimum Gasteiger partial charge on any atom is -0.214 e. The number of allylic oxidation sites excluding steroid dienone is 2. The number of hydrogen-bond acceptors (Lipinski definition) is 0. The van der Waals surface area contributed by atoms with Crippen molar-refractivity contribution in [2.75, 3.05) is 0 Å². The molecule has 0 heterocycles. The predicted octanol–water partition coefficient (Wildman–Crippen LogP) is 2.52. The van der Waals surface area contributed by atoms with Gasteiger partial charge in [-0.15, -0.1) is 0 Å². The second-order valence-corrected chi connectivity index (χ2v) is 1.27. The van der Waals surface area contributed by atoms with Crippen LogP contribution in [0.5, 0.6) is 0 Å². The summed E-state index contributed by atoms with van der Waals surface area (Å²) in [6.07, 6.45) is -0.0517. The highest BCUT2D eigenvalue weighted by atomic mass is 35.5. The molecule has 0 unspecified atom stereocenters. The normalized spacial score (nSPS) is 11.6. The van der Waals surface area contributed by atoms with E-state index in [1.54, 1.807) is 0 Å². The molecule has 0 aliphatic rings. The van der Waals surface area contributed by atoms with E-state index in [4.69, 9.17) is 11.6 Å². The highest BCUT2D eigenvalue weighted by Gasteiger charge is 1.92. The van der Waals surface area contributed by atoms with Gasteiger partial charge in [0.15, 0.2) is 0 Å². The van der Waals surface area contributed by atoms with Crippen LogP contribution in [0, 0.1) is 0 Å². The van der Waals surface area contributed by atoms with Gasteiger partial charge in [0, 0.05) is 0 Å². The van der Waals surface area contributed by atoms with Crippen LogP contribution < -0.4 is 0 Å². The van der Waals surface area contributed by atoms with Gasteiger partial charge in [-0.25, -0.2) is 8.78 Å². The summed E-state index contributed by atoms with van der Waals surface area (Å²) in [4.78, 5) is 0. The van der Waals surface area contributed by atoms with Crippen LogP contribution >= 0.6 is 11.6 Å². The highest BCUT2D eigenvalue weighted by Crippen LogP contribution is 2.12. The van der Waals surface area contributed by atoms with Crippen LogP contribution in [0.3, 0.4) is 0 Å². The van der Waals surface area contributed by atoms with Gasteiger partial charge in [-0.1, -0.05) is 18.2 Å². The molecule has 0 radical (unpaired) electrons. The van der Waals surface area contributed by atoms with Gasteiger partial charge in [0.25, 0.3) is 0 Å². The van der Waals surface area contributed by atoms with Gasteiger partial charge in [0.05, 0.1) is 0 Å². The Labute approximate surface area is 45.1 Å². The minimum atomic E-state index is -0.954. The van der Waals surface area contributed by atoms with Crippen molar-refractivity contribution in [3.63, 3.8) is 0 Å². The minimum absolute atomic E-state index is 0.0517. The molecule has 0 bridgehead atoms. The Bertz CT molecular complexity index is 106. The van der Waals surface area contributed by atoms with Gasteiger partial charge in [-0.2, -0.15) is 0 Å². The molecule has 0 aromatic rings. The van der Waals surface area contributed by atoms with E-state index >= 15 is 0 Å². The van der Waals surface area contributed by atoms with E-state index in [0.29, 0.717) is 0 Å². The van der Waals surface area contributed by atoms with Crippen LogP contribution in [0.4, 0.5) is 8.78 Å². The summed E-state index contributed by atoms with van der Waals surface area (Å²) < 4.78 is 22.5. The molecule has 0 aromatic heterocycles. The van der Waals surface area contributed by atoms with Crippen LogP contribution in [0.25, 0.3) is 0 Å². The van der Waals surface area contributed by atoms with E-state index in [1.807, 2.05) is 0 Å². The quantitative estimate of drug-likeness (QED) is 0.471. The van der Waals surface area contributed by atoms with Gasteiger partial charge in [0.1, 0.15) is 17.2 Å². The van der Waals surface area contributed by atoms with E-state index in [9.17, 15) is 8.78 Å². The maximum Gasteiger partial charge on any atom is 0.136 e. The first-order chi connectivity index (χ1) is 3.18. The Balaban J connectivity index is 3.82. The standard InChI is InChI=1S/C4H3ClF2/c1-3(7)4(5)2-6/h2H,1H2. The number of hydrogen-bond donors (Lipinski definition) is 0. The van der Waals surface area contributed by atoms with E-state index < -0.39 is 10.9 Å². The van der Waals surface area contributed by atoms with Crippen LogP contribution in [-0.2, 0) is 0 Å². The number of rotatable bonds is 1. The van der Waals surface area contributed by atoms with Gasteiger partial charge in [-0.3, -0.25) is 0 Å². The molecule has 0 aliphatic heterocycles. The zero-order valence-corrected chi connectivity index (χ0v) is 4.17. The summed E-state index contributed by atoms with van der Waals surface area (Å²) in [7, 11) is 0. The second kappa shape index (κ2) is 2.75. The SMILES string of the molecule is C=C(F)C(Cl)=CF. The summed E-state index contributed by atoms with van der Waals surface area (Å²) in [5.74, 6) is -0.954. The van der Waals surface area contributed by atoms with E-state index in [-0.39, 0.29) is 6.33 Å². The Kier molecular flexibility index (Phi) is 2.60. The van der Waals surface area contributed by atoms with Crippen molar-refractivity contribution in [1.29, 1.82) is 0 Å². The predicted molar refractivity (Wildman–Crippen MR) is 25.3 cm³/mol. The molecular formula is C4H3ClF2. The second-order valence-electron chi connectivity index (χ2n) is 0.862. The third-order valence-electron chi connectivity index (χ3n) is 0.355. The lowest BCUT2D eigenvalue weighted by Crippen LogP contribution is -1.63. The molecule has 0 amide bonds. The van der Waals surface area contributed by atoms with Gasteiger partial charge in [-0.05, 0) is 0 Å². The average molecular weight is 125 g/mol. The molecule has 0 spiro atoms. The summed E-state index contributed by atoms with van der Waals surface area (Å²) in [6, 6.07) is 0. The Morgan fingerprint density at radius 2 is 2.14 bits per heavy atom. The first kappa shape index (κ1) is 6.63.